The van der Waals surface area contributed by atoms with Crippen molar-refractivity contribution in [1.29, 1.82) is 0 Å². The highest BCUT2D eigenvalue weighted by Crippen LogP contribution is 2.19. The monoisotopic (exact) mass is 568 g/mol. The minimum absolute atomic E-state index is 0. The van der Waals surface area contributed by atoms with Crippen LogP contribution in [0.5, 0.6) is 0 Å². The number of aliphatic imine (C=N–C) groups is 1. The number of benzene rings is 2. The first-order valence-corrected chi connectivity index (χ1v) is 12.6. The maximum atomic E-state index is 12.3. The third-order valence-electron chi connectivity index (χ3n) is 5.07. The maximum absolute atomic E-state index is 12.3. The van der Waals surface area contributed by atoms with Gasteiger partial charge in [-0.25, -0.2) is 8.42 Å². The Labute approximate surface area is 208 Å². The molecule has 0 atom stereocenters. The van der Waals surface area contributed by atoms with Crippen molar-refractivity contribution in [2.45, 2.75) is 32.4 Å². The molecule has 8 heteroatoms. The topological polar surface area (TPSA) is 86.3 Å². The lowest BCUT2D eigenvalue weighted by molar-refractivity contribution is 0.592. The number of hydrogen-bond acceptors (Lipinski definition) is 3. The van der Waals surface area contributed by atoms with Crippen molar-refractivity contribution in [1.82, 2.24) is 15.6 Å². The van der Waals surface area contributed by atoms with Gasteiger partial charge in [-0.3, -0.25) is 4.99 Å². The summed E-state index contributed by atoms with van der Waals surface area (Å²) >= 11 is 0. The zero-order valence-corrected chi connectivity index (χ0v) is 21.9. The molecule has 0 fully saturated rings. The highest BCUT2D eigenvalue weighted by Gasteiger charge is 2.11. The molecule has 6 nitrogen and oxygen atoms in total. The first kappa shape index (κ1) is 26.2. The minimum atomic E-state index is -3.13. The molecule has 0 unspecified atom stereocenters. The van der Waals surface area contributed by atoms with Crippen molar-refractivity contribution in [3.63, 3.8) is 0 Å². The smallest absolute Gasteiger partial charge is 0.191 e. The third-order valence-corrected chi connectivity index (χ3v) is 6.75. The molecule has 0 radical (unpaired) electrons. The number of H-pyrrole nitrogens is 1. The van der Waals surface area contributed by atoms with E-state index in [4.69, 9.17) is 0 Å². The van der Waals surface area contributed by atoms with Gasteiger partial charge in [0.25, 0.3) is 0 Å². The van der Waals surface area contributed by atoms with Crippen LogP contribution < -0.4 is 10.6 Å². The lowest BCUT2D eigenvalue weighted by atomic mass is 10.1. The number of aryl methyl sites for hydroxylation is 1. The Balaban J connectivity index is 0.00000363. The number of fused-ring (bicyclic) bond motifs is 1. The van der Waals surface area contributed by atoms with Gasteiger partial charge in [0.15, 0.2) is 15.8 Å². The molecule has 0 spiro atoms. The predicted octanol–water partition coefficient (Wildman–Crippen LogP) is 4.20. The highest BCUT2D eigenvalue weighted by atomic mass is 127. The molecule has 3 aromatic rings. The van der Waals surface area contributed by atoms with E-state index in [1.54, 1.807) is 0 Å². The number of halogens is 1. The Hall–Kier alpha value is -2.07. The van der Waals surface area contributed by atoms with Crippen LogP contribution in [0.1, 0.15) is 30.0 Å². The van der Waals surface area contributed by atoms with Gasteiger partial charge in [0.1, 0.15) is 0 Å². The molecule has 0 aliphatic rings. The Bertz CT molecular complexity index is 1110. The fraction of sp³-hybridized carbons (Fsp3) is 0.375. The summed E-state index contributed by atoms with van der Waals surface area (Å²) in [4.78, 5) is 7.87. The molecular weight excluding hydrogens is 535 g/mol. The molecular formula is C24H33IN4O2S. The highest BCUT2D eigenvalue weighted by molar-refractivity contribution is 14.0. The molecule has 174 valence electrons. The van der Waals surface area contributed by atoms with E-state index in [-0.39, 0.29) is 35.5 Å². The number of nitrogens with one attached hydrogen (secondary N) is 3. The van der Waals surface area contributed by atoms with Gasteiger partial charge in [-0.05, 0) is 49.4 Å². The Morgan fingerprint density at radius 2 is 1.88 bits per heavy atom. The number of aromatic nitrogens is 1. The predicted molar refractivity (Wildman–Crippen MR) is 145 cm³/mol. The number of aromatic amines is 1. The molecule has 1 aromatic heterocycles. The fourth-order valence-electron chi connectivity index (χ4n) is 3.54. The van der Waals surface area contributed by atoms with E-state index in [0.29, 0.717) is 13.0 Å². The van der Waals surface area contributed by atoms with E-state index in [1.807, 2.05) is 37.3 Å². The van der Waals surface area contributed by atoms with Gasteiger partial charge in [-0.1, -0.05) is 42.5 Å². The zero-order valence-electron chi connectivity index (χ0n) is 18.7. The third kappa shape index (κ3) is 8.12. The Morgan fingerprint density at radius 3 is 2.62 bits per heavy atom. The van der Waals surface area contributed by atoms with E-state index < -0.39 is 9.84 Å². The normalized spacial score (nSPS) is 11.9. The maximum Gasteiger partial charge on any atom is 0.191 e. The Morgan fingerprint density at radius 1 is 1.09 bits per heavy atom. The fourth-order valence-corrected chi connectivity index (χ4v) is 4.95. The molecule has 0 aliphatic carbocycles. The summed E-state index contributed by atoms with van der Waals surface area (Å²) in [6.07, 6.45) is 3.44. The molecule has 2 aromatic carbocycles. The molecule has 32 heavy (non-hydrogen) atoms. The summed E-state index contributed by atoms with van der Waals surface area (Å²) in [7, 11) is -3.13. The van der Waals surface area contributed by atoms with Gasteiger partial charge in [0.2, 0.25) is 0 Å². The van der Waals surface area contributed by atoms with Gasteiger partial charge in [-0.15, -0.1) is 24.0 Å². The summed E-state index contributed by atoms with van der Waals surface area (Å²) in [5.41, 5.74) is 4.50. The molecule has 0 bridgehead atoms. The van der Waals surface area contributed by atoms with Gasteiger partial charge < -0.3 is 15.6 Å². The van der Waals surface area contributed by atoms with Crippen molar-refractivity contribution in [2.75, 3.05) is 25.4 Å². The summed E-state index contributed by atoms with van der Waals surface area (Å²) in [5, 5.41) is 7.82. The molecule has 0 amide bonds. The summed E-state index contributed by atoms with van der Waals surface area (Å²) < 4.78 is 24.6. The first-order chi connectivity index (χ1) is 15.0. The van der Waals surface area contributed by atoms with Gasteiger partial charge in [0.05, 0.1) is 11.5 Å². The van der Waals surface area contributed by atoms with E-state index in [9.17, 15) is 8.42 Å². The molecule has 0 aliphatic heterocycles. The van der Waals surface area contributed by atoms with E-state index in [1.165, 1.54) is 16.5 Å². The number of rotatable bonds is 10. The van der Waals surface area contributed by atoms with Crippen molar-refractivity contribution >= 4 is 50.7 Å². The van der Waals surface area contributed by atoms with Crippen LogP contribution in [0, 0.1) is 6.92 Å². The van der Waals surface area contributed by atoms with Gasteiger partial charge in [0, 0.05) is 36.7 Å². The van der Waals surface area contributed by atoms with E-state index in [2.05, 4.69) is 51.9 Å². The summed E-state index contributed by atoms with van der Waals surface area (Å²) in [6.45, 7) is 6.08. The number of guanidine groups is 1. The molecule has 0 saturated carbocycles. The summed E-state index contributed by atoms with van der Waals surface area (Å²) in [5.74, 6) is 0.943. The second kappa shape index (κ2) is 12.8. The molecule has 3 rings (SSSR count). The van der Waals surface area contributed by atoms with Crippen molar-refractivity contribution < 1.29 is 8.42 Å². The largest absolute Gasteiger partial charge is 0.361 e. The van der Waals surface area contributed by atoms with Crippen LogP contribution in [0.4, 0.5) is 0 Å². The molecule has 3 N–H and O–H groups in total. The lowest BCUT2D eigenvalue weighted by Crippen LogP contribution is -2.38. The van der Waals surface area contributed by atoms with Gasteiger partial charge in [-0.2, -0.15) is 0 Å². The van der Waals surface area contributed by atoms with Crippen LogP contribution in [0.25, 0.3) is 10.9 Å². The Kier molecular flexibility index (Phi) is 10.5. The average Bonchev–Trinajstić information content (AvgIpc) is 3.13. The standard InChI is InChI=1S/C24H32N4O2S.HI/c1-3-25-24(26-13-7-15-31(29,30)18-20-8-5-4-6-9-20)27-14-12-21-17-28-23-16-19(2)10-11-22(21)23;/h4-6,8-11,16-17,28H,3,7,12-15,18H2,1-2H3,(H2,25,26,27);1H. The van der Waals surface area contributed by atoms with Crippen molar-refractivity contribution in [2.24, 2.45) is 4.99 Å². The van der Waals surface area contributed by atoms with E-state index in [0.717, 1.165) is 36.6 Å². The zero-order chi connectivity index (χ0) is 22.1. The van der Waals surface area contributed by atoms with Crippen LogP contribution >= 0.6 is 24.0 Å². The lowest BCUT2D eigenvalue weighted by Gasteiger charge is -2.11. The molecule has 0 saturated heterocycles. The SMILES string of the molecule is CCNC(=NCCCS(=O)(=O)Cc1ccccc1)NCCc1c[nH]c2cc(C)ccc12.I. The van der Waals surface area contributed by atoms with Crippen molar-refractivity contribution in [3.05, 3.63) is 71.4 Å². The molecule has 1 heterocycles. The second-order valence-corrected chi connectivity index (χ2v) is 9.92. The van der Waals surface area contributed by atoms with Crippen LogP contribution in [0.3, 0.4) is 0 Å². The second-order valence-electron chi connectivity index (χ2n) is 7.73. The minimum Gasteiger partial charge on any atom is -0.361 e. The van der Waals surface area contributed by atoms with Crippen LogP contribution in [-0.2, 0) is 22.0 Å². The van der Waals surface area contributed by atoms with Gasteiger partial charge >= 0.3 is 0 Å². The van der Waals surface area contributed by atoms with E-state index >= 15 is 0 Å². The number of sulfone groups is 1. The van der Waals surface area contributed by atoms with Crippen LogP contribution in [0.15, 0.2) is 59.7 Å². The number of hydrogen-bond donors (Lipinski definition) is 3. The van der Waals surface area contributed by atoms with Crippen molar-refractivity contribution in [3.8, 4) is 0 Å². The quantitative estimate of drug-likeness (QED) is 0.148. The average molecular weight is 569 g/mol. The van der Waals surface area contributed by atoms with Crippen LogP contribution in [0.2, 0.25) is 0 Å². The first-order valence-electron chi connectivity index (χ1n) is 10.8. The number of nitrogens with zero attached hydrogens (tertiary/aromatic N) is 1. The van der Waals surface area contributed by atoms with Crippen LogP contribution in [-0.4, -0.2) is 44.7 Å². The summed E-state index contributed by atoms with van der Waals surface area (Å²) in [6, 6.07) is 15.7.